The molecular formula is C14H19NO. The highest BCUT2D eigenvalue weighted by Crippen LogP contribution is 2.29. The zero-order valence-electron chi connectivity index (χ0n) is 9.83. The molecule has 0 aromatic heterocycles. The second kappa shape index (κ2) is 4.10. The highest BCUT2D eigenvalue weighted by atomic mass is 16.5. The van der Waals surface area contributed by atoms with Crippen molar-refractivity contribution >= 4 is 0 Å². The SMILES string of the molecule is CC(NC1CCC1)c1ccc2c(c1)CCO2. The Morgan fingerprint density at radius 2 is 2.25 bits per heavy atom. The number of hydrogen-bond acceptors (Lipinski definition) is 2. The summed E-state index contributed by atoms with van der Waals surface area (Å²) >= 11 is 0. The molecule has 1 atom stereocenters. The van der Waals surface area contributed by atoms with Gasteiger partial charge in [0.15, 0.2) is 0 Å². The lowest BCUT2D eigenvalue weighted by Crippen LogP contribution is -2.36. The summed E-state index contributed by atoms with van der Waals surface area (Å²) in [5, 5.41) is 3.68. The van der Waals surface area contributed by atoms with Crippen LogP contribution in [0.1, 0.15) is 43.4 Å². The average molecular weight is 217 g/mol. The molecule has 0 amide bonds. The smallest absolute Gasteiger partial charge is 0.122 e. The van der Waals surface area contributed by atoms with Gasteiger partial charge in [-0.25, -0.2) is 0 Å². The summed E-state index contributed by atoms with van der Waals surface area (Å²) in [6, 6.07) is 7.84. The fourth-order valence-electron chi connectivity index (χ4n) is 2.50. The Labute approximate surface area is 97.0 Å². The fourth-order valence-corrected chi connectivity index (χ4v) is 2.50. The van der Waals surface area contributed by atoms with Crippen LogP contribution in [0.25, 0.3) is 0 Å². The molecule has 1 unspecified atom stereocenters. The van der Waals surface area contributed by atoms with Crippen molar-refractivity contribution < 1.29 is 4.74 Å². The molecule has 2 nitrogen and oxygen atoms in total. The zero-order valence-corrected chi connectivity index (χ0v) is 9.83. The Balaban J connectivity index is 1.72. The van der Waals surface area contributed by atoms with Crippen LogP contribution in [-0.4, -0.2) is 12.6 Å². The van der Waals surface area contributed by atoms with Crippen molar-refractivity contribution in [1.82, 2.24) is 5.32 Å². The van der Waals surface area contributed by atoms with Gasteiger partial charge in [-0.15, -0.1) is 0 Å². The van der Waals surface area contributed by atoms with Gasteiger partial charge in [-0.05, 0) is 37.0 Å². The van der Waals surface area contributed by atoms with Gasteiger partial charge in [0, 0.05) is 18.5 Å². The normalized spacial score (nSPS) is 21.1. The quantitative estimate of drug-likeness (QED) is 0.840. The Hall–Kier alpha value is -1.02. The highest BCUT2D eigenvalue weighted by Gasteiger charge is 2.20. The predicted molar refractivity (Wildman–Crippen MR) is 64.8 cm³/mol. The third-order valence-corrected chi connectivity index (χ3v) is 3.80. The van der Waals surface area contributed by atoms with Crippen molar-refractivity contribution in [3.05, 3.63) is 29.3 Å². The first kappa shape index (κ1) is 10.2. The molecule has 86 valence electrons. The lowest BCUT2D eigenvalue weighted by atomic mass is 9.91. The molecule has 1 aliphatic carbocycles. The Morgan fingerprint density at radius 1 is 1.38 bits per heavy atom. The number of rotatable bonds is 3. The van der Waals surface area contributed by atoms with E-state index in [0.717, 1.165) is 24.8 Å². The predicted octanol–water partition coefficient (Wildman–Crippen LogP) is 2.82. The maximum absolute atomic E-state index is 5.53. The highest BCUT2D eigenvalue weighted by molar-refractivity contribution is 5.40. The van der Waals surface area contributed by atoms with Crippen LogP contribution < -0.4 is 10.1 Å². The van der Waals surface area contributed by atoms with Crippen LogP contribution in [0.5, 0.6) is 5.75 Å². The Bertz CT molecular complexity index is 384. The van der Waals surface area contributed by atoms with E-state index in [1.54, 1.807) is 0 Å². The Morgan fingerprint density at radius 3 is 3.00 bits per heavy atom. The minimum Gasteiger partial charge on any atom is -0.493 e. The summed E-state index contributed by atoms with van der Waals surface area (Å²) in [5.74, 6) is 1.08. The van der Waals surface area contributed by atoms with E-state index in [-0.39, 0.29) is 0 Å². The fraction of sp³-hybridized carbons (Fsp3) is 0.571. The first-order valence-electron chi connectivity index (χ1n) is 6.34. The molecule has 1 N–H and O–H groups in total. The summed E-state index contributed by atoms with van der Waals surface area (Å²) in [6.07, 6.45) is 5.15. The molecule has 1 saturated carbocycles. The number of ether oxygens (including phenoxy) is 1. The molecule has 1 aromatic carbocycles. The second-order valence-corrected chi connectivity index (χ2v) is 4.98. The lowest BCUT2D eigenvalue weighted by Gasteiger charge is -2.30. The van der Waals surface area contributed by atoms with E-state index < -0.39 is 0 Å². The monoisotopic (exact) mass is 217 g/mol. The van der Waals surface area contributed by atoms with Gasteiger partial charge in [-0.3, -0.25) is 0 Å². The summed E-state index contributed by atoms with van der Waals surface area (Å²) in [4.78, 5) is 0. The van der Waals surface area contributed by atoms with Crippen LogP contribution in [0.4, 0.5) is 0 Å². The number of fused-ring (bicyclic) bond motifs is 1. The molecule has 0 spiro atoms. The zero-order chi connectivity index (χ0) is 11.0. The first-order valence-corrected chi connectivity index (χ1v) is 6.34. The van der Waals surface area contributed by atoms with Gasteiger partial charge in [-0.2, -0.15) is 0 Å². The average Bonchev–Trinajstić information content (AvgIpc) is 2.69. The standard InChI is InChI=1S/C14H19NO/c1-10(15-13-3-2-4-13)11-5-6-14-12(9-11)7-8-16-14/h5-6,9-10,13,15H,2-4,7-8H2,1H3. The molecular weight excluding hydrogens is 198 g/mol. The molecule has 1 fully saturated rings. The molecule has 1 aliphatic heterocycles. The molecule has 2 aliphatic rings. The van der Waals surface area contributed by atoms with Crippen LogP contribution in [0.3, 0.4) is 0 Å². The maximum Gasteiger partial charge on any atom is 0.122 e. The lowest BCUT2D eigenvalue weighted by molar-refractivity contribution is 0.313. The second-order valence-electron chi connectivity index (χ2n) is 4.98. The van der Waals surface area contributed by atoms with Crippen LogP contribution in [0.2, 0.25) is 0 Å². The third-order valence-electron chi connectivity index (χ3n) is 3.80. The number of benzene rings is 1. The third kappa shape index (κ3) is 1.82. The molecule has 16 heavy (non-hydrogen) atoms. The van der Waals surface area contributed by atoms with Crippen molar-refractivity contribution in [2.45, 2.75) is 44.7 Å². The Kier molecular flexibility index (Phi) is 2.60. The van der Waals surface area contributed by atoms with E-state index >= 15 is 0 Å². The van der Waals surface area contributed by atoms with E-state index in [4.69, 9.17) is 4.74 Å². The van der Waals surface area contributed by atoms with Gasteiger partial charge < -0.3 is 10.1 Å². The summed E-state index contributed by atoms with van der Waals surface area (Å²) in [5.41, 5.74) is 2.77. The van der Waals surface area contributed by atoms with E-state index in [1.807, 2.05) is 0 Å². The van der Waals surface area contributed by atoms with Crippen LogP contribution in [0.15, 0.2) is 18.2 Å². The van der Waals surface area contributed by atoms with Gasteiger partial charge in [0.2, 0.25) is 0 Å². The van der Waals surface area contributed by atoms with E-state index in [1.165, 1.54) is 30.4 Å². The van der Waals surface area contributed by atoms with Crippen molar-refractivity contribution in [3.63, 3.8) is 0 Å². The van der Waals surface area contributed by atoms with Gasteiger partial charge in [-0.1, -0.05) is 18.6 Å². The maximum atomic E-state index is 5.53. The molecule has 2 heteroatoms. The summed E-state index contributed by atoms with van der Waals surface area (Å²) in [7, 11) is 0. The molecule has 1 heterocycles. The molecule has 3 rings (SSSR count). The minimum absolute atomic E-state index is 0.469. The van der Waals surface area contributed by atoms with Gasteiger partial charge in [0.1, 0.15) is 5.75 Å². The van der Waals surface area contributed by atoms with Crippen LogP contribution >= 0.6 is 0 Å². The van der Waals surface area contributed by atoms with Crippen LogP contribution in [0, 0.1) is 0 Å². The number of hydrogen-bond donors (Lipinski definition) is 1. The van der Waals surface area contributed by atoms with Crippen molar-refractivity contribution in [3.8, 4) is 5.75 Å². The van der Waals surface area contributed by atoms with Gasteiger partial charge >= 0.3 is 0 Å². The molecule has 1 aromatic rings. The van der Waals surface area contributed by atoms with Crippen molar-refractivity contribution in [2.24, 2.45) is 0 Å². The van der Waals surface area contributed by atoms with E-state index in [0.29, 0.717) is 6.04 Å². The summed E-state index contributed by atoms with van der Waals surface area (Å²) in [6.45, 7) is 3.11. The molecule has 0 radical (unpaired) electrons. The van der Waals surface area contributed by atoms with Crippen LogP contribution in [-0.2, 0) is 6.42 Å². The first-order chi connectivity index (χ1) is 7.83. The van der Waals surface area contributed by atoms with Crippen molar-refractivity contribution in [2.75, 3.05) is 6.61 Å². The van der Waals surface area contributed by atoms with Gasteiger partial charge in [0.05, 0.1) is 6.61 Å². The molecule has 0 saturated heterocycles. The van der Waals surface area contributed by atoms with E-state index in [9.17, 15) is 0 Å². The van der Waals surface area contributed by atoms with E-state index in [2.05, 4.69) is 30.4 Å². The topological polar surface area (TPSA) is 21.3 Å². The minimum atomic E-state index is 0.469. The largest absolute Gasteiger partial charge is 0.493 e. The van der Waals surface area contributed by atoms with Gasteiger partial charge in [0.25, 0.3) is 0 Å². The molecule has 0 bridgehead atoms. The summed E-state index contributed by atoms with van der Waals surface area (Å²) < 4.78 is 5.53. The number of nitrogens with one attached hydrogen (secondary N) is 1. The van der Waals surface area contributed by atoms with Crippen molar-refractivity contribution in [1.29, 1.82) is 0 Å².